The van der Waals surface area contributed by atoms with Gasteiger partial charge in [-0.15, -0.1) is 0 Å². The third-order valence-corrected chi connectivity index (χ3v) is 6.54. The highest BCUT2D eigenvalue weighted by molar-refractivity contribution is 6.07. The molecule has 0 spiro atoms. The standard InChI is InChI=1S/C27H28N4O3/c1-19-24-22(28-29-26(32)20-9-4-2-5-10-20)13-8-14-23(24)34-25(19)27(33)31-17-15-30(16-18-31)21-11-6-3-7-12-21/h2-7,9-12H,8,13-18H2,1H3,(H,29,32)/b28-22+. The summed E-state index contributed by atoms with van der Waals surface area (Å²) in [5, 5.41) is 4.42. The van der Waals surface area contributed by atoms with Gasteiger partial charge in [0.05, 0.1) is 5.71 Å². The molecule has 2 amide bonds. The van der Waals surface area contributed by atoms with Crippen LogP contribution in [0.5, 0.6) is 0 Å². The molecule has 34 heavy (non-hydrogen) atoms. The Morgan fingerprint density at radius 1 is 0.912 bits per heavy atom. The van der Waals surface area contributed by atoms with Gasteiger partial charge in [-0.05, 0) is 44.0 Å². The number of para-hydroxylation sites is 1. The van der Waals surface area contributed by atoms with Gasteiger partial charge in [0.25, 0.3) is 11.8 Å². The topological polar surface area (TPSA) is 78.2 Å². The van der Waals surface area contributed by atoms with Crippen LogP contribution >= 0.6 is 0 Å². The van der Waals surface area contributed by atoms with Gasteiger partial charge in [0.2, 0.25) is 0 Å². The molecule has 2 aliphatic rings. The molecule has 1 aliphatic carbocycles. The van der Waals surface area contributed by atoms with Crippen molar-refractivity contribution in [3.63, 3.8) is 0 Å². The number of piperazine rings is 1. The van der Waals surface area contributed by atoms with Gasteiger partial charge in [0, 0.05) is 55.0 Å². The van der Waals surface area contributed by atoms with Crippen LogP contribution in [0.1, 0.15) is 50.6 Å². The van der Waals surface area contributed by atoms with E-state index in [0.717, 1.165) is 55.0 Å². The lowest BCUT2D eigenvalue weighted by atomic mass is 9.93. The first kappa shape index (κ1) is 21.9. The smallest absolute Gasteiger partial charge is 0.289 e. The summed E-state index contributed by atoms with van der Waals surface area (Å²) in [6.45, 7) is 4.77. The monoisotopic (exact) mass is 456 g/mol. The first-order valence-electron chi connectivity index (χ1n) is 11.8. The molecule has 1 aliphatic heterocycles. The molecule has 0 bridgehead atoms. The second-order valence-corrected chi connectivity index (χ2v) is 8.69. The largest absolute Gasteiger partial charge is 0.455 e. The highest BCUT2D eigenvalue weighted by atomic mass is 16.4. The molecule has 0 unspecified atom stereocenters. The minimum absolute atomic E-state index is 0.0766. The molecule has 2 heterocycles. The molecule has 0 atom stereocenters. The van der Waals surface area contributed by atoms with Crippen LogP contribution in [0.25, 0.3) is 0 Å². The molecule has 0 radical (unpaired) electrons. The maximum atomic E-state index is 13.3. The van der Waals surface area contributed by atoms with Crippen LogP contribution in [0.4, 0.5) is 5.69 Å². The molecular weight excluding hydrogens is 428 g/mol. The fourth-order valence-electron chi connectivity index (χ4n) is 4.71. The number of hydrogen-bond donors (Lipinski definition) is 1. The maximum Gasteiger partial charge on any atom is 0.289 e. The Hall–Kier alpha value is -3.87. The number of carbonyl (C=O) groups is 2. The maximum absolute atomic E-state index is 13.3. The van der Waals surface area contributed by atoms with Crippen LogP contribution < -0.4 is 10.3 Å². The minimum atomic E-state index is -0.256. The molecule has 7 heteroatoms. The Labute approximate surface area is 199 Å². The van der Waals surface area contributed by atoms with E-state index in [0.29, 0.717) is 24.4 Å². The lowest BCUT2D eigenvalue weighted by Crippen LogP contribution is -2.48. The summed E-state index contributed by atoms with van der Waals surface area (Å²) < 4.78 is 6.09. The Morgan fingerprint density at radius 2 is 1.59 bits per heavy atom. The van der Waals surface area contributed by atoms with E-state index in [1.54, 1.807) is 12.1 Å². The summed E-state index contributed by atoms with van der Waals surface area (Å²) in [5.74, 6) is 0.839. The first-order valence-corrected chi connectivity index (χ1v) is 11.8. The van der Waals surface area contributed by atoms with Crippen molar-refractivity contribution >= 4 is 23.2 Å². The second kappa shape index (κ2) is 9.55. The van der Waals surface area contributed by atoms with E-state index in [2.05, 4.69) is 27.6 Å². The van der Waals surface area contributed by atoms with Crippen molar-refractivity contribution in [2.24, 2.45) is 5.10 Å². The number of rotatable bonds is 4. The number of hydrogen-bond acceptors (Lipinski definition) is 5. The summed E-state index contributed by atoms with van der Waals surface area (Å²) in [5.41, 5.74) is 6.83. The molecule has 3 aromatic rings. The van der Waals surface area contributed by atoms with Crippen molar-refractivity contribution in [3.8, 4) is 0 Å². The third-order valence-electron chi connectivity index (χ3n) is 6.54. The number of fused-ring (bicyclic) bond motifs is 1. The van der Waals surface area contributed by atoms with Crippen LogP contribution in [0, 0.1) is 6.92 Å². The third kappa shape index (κ3) is 4.33. The molecule has 2 aromatic carbocycles. The number of nitrogens with one attached hydrogen (secondary N) is 1. The summed E-state index contributed by atoms with van der Waals surface area (Å²) in [6.07, 6.45) is 2.35. The molecule has 5 rings (SSSR count). The van der Waals surface area contributed by atoms with Gasteiger partial charge in [-0.25, -0.2) is 5.43 Å². The summed E-state index contributed by atoms with van der Waals surface area (Å²) >= 11 is 0. The Balaban J connectivity index is 1.31. The van der Waals surface area contributed by atoms with Gasteiger partial charge < -0.3 is 14.2 Å². The fourth-order valence-corrected chi connectivity index (χ4v) is 4.71. The second-order valence-electron chi connectivity index (χ2n) is 8.69. The normalized spacial score (nSPS) is 16.9. The Bertz CT molecular complexity index is 1210. The highest BCUT2D eigenvalue weighted by Crippen LogP contribution is 2.31. The summed E-state index contributed by atoms with van der Waals surface area (Å²) in [7, 11) is 0. The lowest BCUT2D eigenvalue weighted by molar-refractivity contribution is 0.0711. The van der Waals surface area contributed by atoms with Crippen LogP contribution in [0.2, 0.25) is 0 Å². The SMILES string of the molecule is Cc1c(C(=O)N2CCN(c3ccccc3)CC2)oc2c1/C(=N/NC(=O)c1ccccc1)CCC2. The van der Waals surface area contributed by atoms with Crippen molar-refractivity contribution in [1.29, 1.82) is 0 Å². The molecule has 1 N–H and O–H groups in total. The van der Waals surface area contributed by atoms with Gasteiger partial charge in [-0.3, -0.25) is 9.59 Å². The first-order chi connectivity index (χ1) is 16.6. The van der Waals surface area contributed by atoms with Crippen LogP contribution in [-0.2, 0) is 6.42 Å². The molecule has 1 aromatic heterocycles. The predicted molar refractivity (Wildman–Crippen MR) is 131 cm³/mol. The number of anilines is 1. The van der Waals surface area contributed by atoms with Crippen molar-refractivity contribution in [2.45, 2.75) is 26.2 Å². The molecule has 7 nitrogen and oxygen atoms in total. The van der Waals surface area contributed by atoms with Gasteiger partial charge in [-0.1, -0.05) is 36.4 Å². The zero-order valence-electron chi connectivity index (χ0n) is 19.3. The number of carbonyl (C=O) groups excluding carboxylic acids is 2. The lowest BCUT2D eigenvalue weighted by Gasteiger charge is -2.35. The Morgan fingerprint density at radius 3 is 2.29 bits per heavy atom. The van der Waals surface area contributed by atoms with Gasteiger partial charge in [0.1, 0.15) is 5.76 Å². The van der Waals surface area contributed by atoms with E-state index in [9.17, 15) is 9.59 Å². The molecule has 0 saturated carbocycles. The summed E-state index contributed by atoms with van der Waals surface area (Å²) in [4.78, 5) is 29.9. The van der Waals surface area contributed by atoms with Gasteiger partial charge in [-0.2, -0.15) is 5.10 Å². The van der Waals surface area contributed by atoms with E-state index in [1.165, 1.54) is 5.69 Å². The molecular formula is C27H28N4O3. The number of nitrogens with zero attached hydrogens (tertiary/aromatic N) is 3. The van der Waals surface area contributed by atoms with Crippen molar-refractivity contribution < 1.29 is 14.0 Å². The van der Waals surface area contributed by atoms with Crippen LogP contribution in [0.15, 0.2) is 70.2 Å². The van der Waals surface area contributed by atoms with E-state index in [4.69, 9.17) is 4.42 Å². The van der Waals surface area contributed by atoms with E-state index in [-0.39, 0.29) is 11.8 Å². The van der Waals surface area contributed by atoms with Crippen molar-refractivity contribution in [2.75, 3.05) is 31.1 Å². The number of furan rings is 1. The van der Waals surface area contributed by atoms with Gasteiger partial charge >= 0.3 is 0 Å². The van der Waals surface area contributed by atoms with E-state index < -0.39 is 0 Å². The fraction of sp³-hybridized carbons (Fsp3) is 0.296. The highest BCUT2D eigenvalue weighted by Gasteiger charge is 2.31. The average Bonchev–Trinajstić information content (AvgIpc) is 3.25. The number of aryl methyl sites for hydroxylation is 1. The zero-order valence-corrected chi connectivity index (χ0v) is 19.3. The summed E-state index contributed by atoms with van der Waals surface area (Å²) in [6, 6.07) is 19.3. The number of benzene rings is 2. The molecule has 1 fully saturated rings. The van der Waals surface area contributed by atoms with Gasteiger partial charge in [0.15, 0.2) is 5.76 Å². The van der Waals surface area contributed by atoms with E-state index >= 15 is 0 Å². The zero-order chi connectivity index (χ0) is 23.5. The quantitative estimate of drug-likeness (QED) is 0.602. The molecule has 174 valence electrons. The number of hydrazone groups is 1. The van der Waals surface area contributed by atoms with Crippen molar-refractivity contribution in [3.05, 3.63) is 88.9 Å². The minimum Gasteiger partial charge on any atom is -0.455 e. The Kier molecular flexibility index (Phi) is 6.16. The van der Waals surface area contributed by atoms with Crippen LogP contribution in [-0.4, -0.2) is 48.6 Å². The predicted octanol–water partition coefficient (Wildman–Crippen LogP) is 4.02. The number of amides is 2. The van der Waals surface area contributed by atoms with Crippen LogP contribution in [0.3, 0.4) is 0 Å². The molecule has 1 saturated heterocycles. The van der Waals surface area contributed by atoms with Crippen molar-refractivity contribution in [1.82, 2.24) is 10.3 Å². The van der Waals surface area contributed by atoms with E-state index in [1.807, 2.05) is 48.2 Å². The average molecular weight is 457 g/mol.